The predicted octanol–water partition coefficient (Wildman–Crippen LogP) is 2.77. The van der Waals surface area contributed by atoms with E-state index < -0.39 is 6.10 Å². The van der Waals surface area contributed by atoms with Gasteiger partial charge in [-0.05, 0) is 24.1 Å². The summed E-state index contributed by atoms with van der Waals surface area (Å²) < 4.78 is 5.24. The molecule has 0 fully saturated rings. The van der Waals surface area contributed by atoms with Gasteiger partial charge in [-0.2, -0.15) is 0 Å². The van der Waals surface area contributed by atoms with Crippen molar-refractivity contribution in [2.75, 3.05) is 7.11 Å². The number of hydrogen-bond donors (Lipinski definition) is 1. The van der Waals surface area contributed by atoms with E-state index in [0.29, 0.717) is 34.4 Å². The second-order valence-electron chi connectivity index (χ2n) is 5.24. The molecule has 1 aliphatic heterocycles. The summed E-state index contributed by atoms with van der Waals surface area (Å²) in [4.78, 5) is 17.9. The first kappa shape index (κ1) is 15.3. The number of fused-ring (bicyclic) bond motifs is 3. The molecule has 0 spiro atoms. The summed E-state index contributed by atoms with van der Waals surface area (Å²) in [6.45, 7) is 2.28. The number of carbonyl (C=O) groups is 1. The van der Waals surface area contributed by atoms with Crippen LogP contribution in [0.5, 0.6) is 5.75 Å². The third-order valence-corrected chi connectivity index (χ3v) is 4.65. The molecule has 0 saturated heterocycles. The van der Waals surface area contributed by atoms with Crippen LogP contribution in [0.15, 0.2) is 12.3 Å². The van der Waals surface area contributed by atoms with E-state index in [1.807, 2.05) is 0 Å². The Bertz CT molecular complexity index is 777. The van der Waals surface area contributed by atoms with Gasteiger partial charge in [0.05, 0.1) is 17.6 Å². The number of hydrogen-bond acceptors (Lipinski definition) is 4. The third kappa shape index (κ3) is 2.29. The number of ether oxygens (including phenoxy) is 1. The molecule has 1 aromatic heterocycles. The first-order valence-electron chi connectivity index (χ1n) is 6.73. The fourth-order valence-corrected chi connectivity index (χ4v) is 3.15. The van der Waals surface area contributed by atoms with Crippen LogP contribution in [0.25, 0.3) is 10.9 Å². The third-order valence-electron chi connectivity index (χ3n) is 3.81. The Balaban J connectivity index is 2.14. The second-order valence-corrected chi connectivity index (χ2v) is 5.99. The van der Waals surface area contributed by atoms with Gasteiger partial charge in [0.15, 0.2) is 0 Å². The number of amides is 1. The maximum Gasteiger partial charge on any atom is 0.251 e. The van der Waals surface area contributed by atoms with Crippen LogP contribution >= 0.6 is 23.2 Å². The molecule has 5 nitrogen and oxygen atoms in total. The summed E-state index contributed by atoms with van der Waals surface area (Å²) >= 11 is 12.4. The second kappa shape index (κ2) is 5.57. The van der Waals surface area contributed by atoms with Crippen LogP contribution in [0, 0.1) is 0 Å². The standard InChI is InChI=1S/C15H14Cl2N2O3/c1-7(20)15(21)19-5-8-4-18-14-9(10(8)6-19)3-11(22-2)12(16)13(14)17/h3-4,7,20H,5-6H2,1-2H3. The highest BCUT2D eigenvalue weighted by Gasteiger charge is 2.28. The molecule has 1 aromatic carbocycles. The van der Waals surface area contributed by atoms with Crippen molar-refractivity contribution in [1.29, 1.82) is 0 Å². The molecule has 3 rings (SSSR count). The minimum atomic E-state index is -1.03. The van der Waals surface area contributed by atoms with Crippen molar-refractivity contribution in [3.05, 3.63) is 33.4 Å². The molecule has 1 unspecified atom stereocenters. The highest BCUT2D eigenvalue weighted by Crippen LogP contribution is 2.40. The predicted molar refractivity (Wildman–Crippen MR) is 84.2 cm³/mol. The average Bonchev–Trinajstić information content (AvgIpc) is 2.93. The Morgan fingerprint density at radius 2 is 2.14 bits per heavy atom. The maximum absolute atomic E-state index is 12.0. The zero-order valence-electron chi connectivity index (χ0n) is 12.1. The Morgan fingerprint density at radius 3 is 2.77 bits per heavy atom. The highest BCUT2D eigenvalue weighted by molar-refractivity contribution is 6.46. The quantitative estimate of drug-likeness (QED) is 0.912. The largest absolute Gasteiger partial charge is 0.495 e. The van der Waals surface area contributed by atoms with Gasteiger partial charge in [-0.15, -0.1) is 0 Å². The number of methoxy groups -OCH3 is 1. The first-order valence-corrected chi connectivity index (χ1v) is 7.49. The fraction of sp³-hybridized carbons (Fsp3) is 0.333. The van der Waals surface area contributed by atoms with Crippen molar-refractivity contribution < 1.29 is 14.6 Å². The van der Waals surface area contributed by atoms with Gasteiger partial charge in [-0.3, -0.25) is 9.78 Å². The van der Waals surface area contributed by atoms with Crippen molar-refractivity contribution in [3.63, 3.8) is 0 Å². The lowest BCUT2D eigenvalue weighted by atomic mass is 10.1. The SMILES string of the molecule is COc1cc2c3c(cnc2c(Cl)c1Cl)CN(C(=O)C(C)O)C3. The van der Waals surface area contributed by atoms with Gasteiger partial charge in [0.25, 0.3) is 5.91 Å². The van der Waals surface area contributed by atoms with Crippen LogP contribution < -0.4 is 4.74 Å². The van der Waals surface area contributed by atoms with E-state index in [-0.39, 0.29) is 5.91 Å². The number of halogens is 2. The monoisotopic (exact) mass is 340 g/mol. The van der Waals surface area contributed by atoms with Gasteiger partial charge in [0.2, 0.25) is 0 Å². The molecule has 7 heteroatoms. The minimum Gasteiger partial charge on any atom is -0.495 e. The molecule has 1 N–H and O–H groups in total. The zero-order chi connectivity index (χ0) is 16.0. The van der Waals surface area contributed by atoms with Crippen LogP contribution in [-0.4, -0.2) is 34.1 Å². The summed E-state index contributed by atoms with van der Waals surface area (Å²) in [6.07, 6.45) is 0.669. The highest BCUT2D eigenvalue weighted by atomic mass is 35.5. The van der Waals surface area contributed by atoms with Crippen molar-refractivity contribution in [2.24, 2.45) is 0 Å². The first-order chi connectivity index (χ1) is 10.4. The lowest BCUT2D eigenvalue weighted by Gasteiger charge is -2.16. The van der Waals surface area contributed by atoms with Crippen LogP contribution in [0.1, 0.15) is 18.1 Å². The normalized spacial score (nSPS) is 15.0. The zero-order valence-corrected chi connectivity index (χ0v) is 13.6. The number of aliphatic hydroxyl groups is 1. The van der Waals surface area contributed by atoms with E-state index in [0.717, 1.165) is 16.5 Å². The molecule has 1 aliphatic rings. The van der Waals surface area contributed by atoms with Crippen molar-refractivity contribution in [1.82, 2.24) is 9.88 Å². The van der Waals surface area contributed by atoms with E-state index in [1.54, 1.807) is 17.2 Å². The Morgan fingerprint density at radius 1 is 1.41 bits per heavy atom. The summed E-state index contributed by atoms with van der Waals surface area (Å²) in [5, 5.41) is 10.9. The van der Waals surface area contributed by atoms with Gasteiger partial charge in [0.1, 0.15) is 16.9 Å². The number of pyridine rings is 1. The molecule has 2 aromatic rings. The molecule has 0 saturated carbocycles. The molecule has 0 bridgehead atoms. The van der Waals surface area contributed by atoms with Gasteiger partial charge in [0, 0.05) is 24.7 Å². The summed E-state index contributed by atoms with van der Waals surface area (Å²) in [6, 6.07) is 1.78. The van der Waals surface area contributed by atoms with Crippen molar-refractivity contribution >= 4 is 40.0 Å². The molecule has 0 aliphatic carbocycles. The molecule has 1 atom stereocenters. The Labute approximate surface area is 137 Å². The maximum atomic E-state index is 12.0. The number of rotatable bonds is 2. The molecule has 2 heterocycles. The lowest BCUT2D eigenvalue weighted by Crippen LogP contribution is -2.33. The van der Waals surface area contributed by atoms with Gasteiger partial charge >= 0.3 is 0 Å². The molecule has 116 valence electrons. The number of benzene rings is 1. The number of carbonyl (C=O) groups excluding carboxylic acids is 1. The molecule has 1 amide bonds. The molecular weight excluding hydrogens is 327 g/mol. The summed E-state index contributed by atoms with van der Waals surface area (Å²) in [5.74, 6) is 0.158. The summed E-state index contributed by atoms with van der Waals surface area (Å²) in [7, 11) is 1.52. The fourth-order valence-electron chi connectivity index (χ4n) is 2.69. The smallest absolute Gasteiger partial charge is 0.251 e. The Kier molecular flexibility index (Phi) is 3.89. The van der Waals surface area contributed by atoms with E-state index in [4.69, 9.17) is 27.9 Å². The van der Waals surface area contributed by atoms with Crippen LogP contribution in [0.3, 0.4) is 0 Å². The summed E-state index contributed by atoms with van der Waals surface area (Å²) in [5.41, 5.74) is 2.47. The lowest BCUT2D eigenvalue weighted by molar-refractivity contribution is -0.139. The number of aromatic nitrogens is 1. The molecular formula is C15H14Cl2N2O3. The van der Waals surface area contributed by atoms with Crippen LogP contribution in [-0.2, 0) is 17.9 Å². The van der Waals surface area contributed by atoms with Crippen molar-refractivity contribution in [3.8, 4) is 5.75 Å². The van der Waals surface area contributed by atoms with Gasteiger partial charge in [-0.1, -0.05) is 23.2 Å². The van der Waals surface area contributed by atoms with E-state index in [2.05, 4.69) is 4.98 Å². The van der Waals surface area contributed by atoms with Crippen LogP contribution in [0.2, 0.25) is 10.0 Å². The number of nitrogens with zero attached hydrogens (tertiary/aromatic N) is 2. The molecule has 0 radical (unpaired) electrons. The topological polar surface area (TPSA) is 62.7 Å². The van der Waals surface area contributed by atoms with Gasteiger partial charge < -0.3 is 14.7 Å². The molecule has 22 heavy (non-hydrogen) atoms. The average molecular weight is 341 g/mol. The minimum absolute atomic E-state index is 0.309. The van der Waals surface area contributed by atoms with E-state index in [1.165, 1.54) is 14.0 Å². The van der Waals surface area contributed by atoms with Crippen LogP contribution in [0.4, 0.5) is 0 Å². The van der Waals surface area contributed by atoms with Crippen molar-refractivity contribution in [2.45, 2.75) is 26.1 Å². The number of aliphatic hydroxyl groups excluding tert-OH is 1. The Hall–Kier alpha value is -1.56. The van der Waals surface area contributed by atoms with Gasteiger partial charge in [-0.25, -0.2) is 0 Å². The van der Waals surface area contributed by atoms with E-state index >= 15 is 0 Å². The van der Waals surface area contributed by atoms with E-state index in [9.17, 15) is 9.90 Å².